The number of piperidine rings is 2. The maximum atomic E-state index is 16.3. The number of H-pyrrole nitrogens is 2. The van der Waals surface area contributed by atoms with Gasteiger partial charge in [0.25, 0.3) is 0 Å². The van der Waals surface area contributed by atoms with Crippen molar-refractivity contribution >= 4 is 78.2 Å². The Kier molecular flexibility index (Phi) is 27.0. The Bertz CT molecular complexity index is 5580. The van der Waals surface area contributed by atoms with Gasteiger partial charge in [0.1, 0.15) is 28.4 Å². The normalized spacial score (nSPS) is 34.4. The first-order valence-corrected chi connectivity index (χ1v) is 51.3. The van der Waals surface area contributed by atoms with Gasteiger partial charge < -0.3 is 104 Å². The lowest BCUT2D eigenvalue weighted by Crippen LogP contribution is -2.81. The SMILES string of the molecule is CCOP(=O)(CCN)OCC.CCOP(=O)(CCNC(=O)[C@]1(c2cc3c(cc2OC)N(C)[C@H]2[C@@](O)(C(=O)OC)[C@H](OC(C)=O)[C@]4(CC)C=CCN5CC[C@]32[C@@H]54)C[C@H]2CN(CCc3c1[nH]c1ccccc31)C[C@](O)(CC)C2)OCC.CC[C@]1(O)C[C@@H]2CN(CCc3c([nH]c4ccccc34)[C@@](C(=O)O)(c3cc4c(cc3OC)N(C)[C@H]3[C@@](O)(C(=O)O)[C@H](O)[C@]5(CC)C=CCN6CC[C@]43[C@@H]65)C2)C1. The minimum absolute atomic E-state index is 0.0167. The number of aliphatic carboxylic acids is 2. The zero-order valence-corrected chi connectivity index (χ0v) is 81.3. The average Bonchev–Trinajstić information content (AvgIpc) is 1.55. The Morgan fingerprint density at radius 1 is 0.549 bits per heavy atom. The fraction of sp³-hybridized carbons (Fsp3) is 0.626. The van der Waals surface area contributed by atoms with Crippen molar-refractivity contribution < 1.29 is 106 Å². The quantitative estimate of drug-likeness (QED) is 0.0137. The number of rotatable bonds is 26. The molecule has 12 N–H and O–H groups in total. The van der Waals surface area contributed by atoms with E-state index in [1.165, 1.54) is 21.1 Å². The molecule has 2 aliphatic carbocycles. The number of carbonyl (C=O) groups is 5. The van der Waals surface area contributed by atoms with Gasteiger partial charge in [0, 0.05) is 188 Å². The van der Waals surface area contributed by atoms with Crippen molar-refractivity contribution in [1.29, 1.82) is 0 Å². The van der Waals surface area contributed by atoms with Crippen LogP contribution in [0.1, 0.15) is 171 Å². The van der Waals surface area contributed by atoms with E-state index < -0.39 is 118 Å². The lowest BCUT2D eigenvalue weighted by molar-refractivity contribution is -0.228. The van der Waals surface area contributed by atoms with Crippen LogP contribution in [-0.4, -0.2) is 307 Å². The number of hydrogen-bond donors (Lipinski definition) is 11. The fourth-order valence-electron chi connectivity index (χ4n) is 28.0. The summed E-state index contributed by atoms with van der Waals surface area (Å²) in [5, 5.41) is 90.3. The minimum Gasteiger partial charge on any atom is -0.496 e. The average molecular weight is 1880 g/mol. The highest BCUT2D eigenvalue weighted by Crippen LogP contribution is 2.71. The van der Waals surface area contributed by atoms with Crippen LogP contribution in [0.15, 0.2) is 97.1 Å². The van der Waals surface area contributed by atoms with E-state index in [1.807, 2.05) is 125 Å². The summed E-state index contributed by atoms with van der Waals surface area (Å²) in [7, 11) is 1.56. The molecule has 2 saturated carbocycles. The van der Waals surface area contributed by atoms with Gasteiger partial charge in [-0.05, 0) is 176 Å². The van der Waals surface area contributed by atoms with E-state index in [4.69, 9.17) is 42.8 Å². The van der Waals surface area contributed by atoms with Crippen LogP contribution in [0.3, 0.4) is 0 Å². The van der Waals surface area contributed by atoms with Crippen molar-refractivity contribution in [3.8, 4) is 11.5 Å². The zero-order valence-electron chi connectivity index (χ0n) is 79.5. The number of amides is 1. The molecule has 0 radical (unpaired) electrons. The molecule has 32 nitrogen and oxygen atoms in total. The molecule has 4 bridgehead atoms. The van der Waals surface area contributed by atoms with Crippen LogP contribution in [-0.2, 0) is 95.2 Å². The van der Waals surface area contributed by atoms with Gasteiger partial charge in [-0.15, -0.1) is 0 Å². The van der Waals surface area contributed by atoms with Gasteiger partial charge in [-0.3, -0.25) is 43.1 Å². The molecule has 2 spiro atoms. The number of likely N-dealkylation sites (N-methyl/N-ethyl adjacent to an activating group) is 2. The second kappa shape index (κ2) is 36.7. The first-order chi connectivity index (χ1) is 63.4. The molecule has 726 valence electrons. The lowest BCUT2D eigenvalue weighted by atomic mass is 9.47. The third-order valence-electron chi connectivity index (χ3n) is 32.8. The first kappa shape index (κ1) is 98.0. The highest BCUT2D eigenvalue weighted by Gasteiger charge is 2.82. The number of anilines is 2. The van der Waals surface area contributed by atoms with E-state index in [0.29, 0.717) is 201 Å². The van der Waals surface area contributed by atoms with Crippen molar-refractivity contribution in [1.82, 2.24) is 34.9 Å². The monoisotopic (exact) mass is 1880 g/mol. The van der Waals surface area contributed by atoms with Gasteiger partial charge in [0.15, 0.2) is 6.10 Å². The van der Waals surface area contributed by atoms with Crippen LogP contribution in [0, 0.1) is 22.7 Å². The molecule has 2 aromatic heterocycles. The molecule has 6 fully saturated rings. The van der Waals surface area contributed by atoms with E-state index in [-0.39, 0.29) is 68.6 Å². The molecular weight excluding hydrogens is 1740 g/mol. The van der Waals surface area contributed by atoms with E-state index >= 15 is 4.79 Å². The van der Waals surface area contributed by atoms with Gasteiger partial charge >= 0.3 is 39.1 Å². The zero-order chi connectivity index (χ0) is 95.5. The lowest BCUT2D eigenvalue weighted by Gasteiger charge is -2.63. The number of nitrogens with one attached hydrogen (secondary N) is 3. The molecule has 2 unspecified atom stereocenters. The van der Waals surface area contributed by atoms with Crippen LogP contribution in [0.5, 0.6) is 11.5 Å². The Balaban J connectivity index is 0.000000177. The van der Waals surface area contributed by atoms with Crippen LogP contribution in [0.2, 0.25) is 0 Å². The van der Waals surface area contributed by atoms with Crippen molar-refractivity contribution in [3.05, 3.63) is 142 Å². The van der Waals surface area contributed by atoms with Gasteiger partial charge in [-0.25, -0.2) is 9.59 Å². The highest BCUT2D eigenvalue weighted by atomic mass is 31.2. The van der Waals surface area contributed by atoms with Gasteiger partial charge in [-0.1, -0.05) is 88.4 Å². The first-order valence-electron chi connectivity index (χ1n) is 47.9. The number of ether oxygens (including phenoxy) is 4. The molecule has 18 rings (SSSR count). The minimum atomic E-state index is -3.57. The fourth-order valence-corrected chi connectivity index (χ4v) is 30.9. The number of fused-ring (bicyclic) bond motifs is 12. The predicted octanol–water partition coefficient (Wildman–Crippen LogP) is 9.65. The van der Waals surface area contributed by atoms with Gasteiger partial charge in [0.05, 0.1) is 83.4 Å². The van der Waals surface area contributed by atoms with E-state index in [1.54, 1.807) is 46.8 Å². The molecule has 10 aliphatic heterocycles. The number of aliphatic hydroxyl groups excluding tert-OH is 1. The highest BCUT2D eigenvalue weighted by molar-refractivity contribution is 7.54. The van der Waals surface area contributed by atoms with Crippen molar-refractivity contribution in [2.45, 2.75) is 220 Å². The predicted molar refractivity (Wildman–Crippen MR) is 504 cm³/mol. The number of nitrogens with two attached hydrogens (primary N) is 1. The van der Waals surface area contributed by atoms with Gasteiger partial charge in [-0.2, -0.15) is 0 Å². The number of esters is 2. The number of hydrogen-bond acceptors (Lipinski definition) is 27. The summed E-state index contributed by atoms with van der Waals surface area (Å²) in [5.41, 5.74) is 0.0818. The molecule has 12 heterocycles. The molecule has 4 saturated heterocycles. The maximum absolute atomic E-state index is 16.3. The molecular formula is C99H138N10O22P2. The summed E-state index contributed by atoms with van der Waals surface area (Å²) < 4.78 is 71.1. The van der Waals surface area contributed by atoms with Crippen LogP contribution < -0.4 is 30.3 Å². The topological polar surface area (TPSA) is 424 Å². The molecule has 1 amide bonds. The van der Waals surface area contributed by atoms with Crippen molar-refractivity contribution in [2.24, 2.45) is 28.4 Å². The second-order valence-corrected chi connectivity index (χ2v) is 43.7. The van der Waals surface area contributed by atoms with E-state index in [2.05, 4.69) is 47.0 Å². The number of aromatic nitrogens is 2. The molecule has 6 aromatic rings. The number of methoxy groups -OCH3 is 3. The molecule has 133 heavy (non-hydrogen) atoms. The standard InChI is InChI=1S/C51H70N5O11P.C42H52N4O8.C6H16NO3P/c1-9-47(60)28-33-29-50(45(58)52-21-25-68(62,65-11-3)66-12-4,41-35(18-23-55(30-33)31-47)34-16-13-14-17-38(34)53-41)37-26-36-39(27-40(37)63-7)54(6)43-49(36)20-24-56-22-15-19-48(10-2,42(49)56)44(67-32(5)57)51(43,61)46(59)64-8;1-5-38(52)20-24-21-41(36(48)49,32-26(12-16-45(22-24)23-38)25-10-7-8-11-29(25)43-32)28-18-27-30(19-31(28)54-4)44(3)34-40(27)14-17-46-15-9-13-39(6-2,33(40)46)35(47)42(34,53)37(50)51;1-3-9-11(8,6-5-7)10-4-2/h13-17,19,26-27,33,42-44,53,60-61H,9-12,18,20-25,28-31H2,1-8H3,(H,52,58);7-11,13,18-19,24,33-35,43,47,52-53H,5-6,12,14-17,20-23H2,1-4H3,(H,48,49)(H,50,51);3-7H2,1-2H3/t33-,42-,43+,44+,47-,48+,49+,50-,51-;24-,33-,34+,35+,38-,39+,40+,41-,42-;/m00./s1. The number of carboxylic acids is 2. The van der Waals surface area contributed by atoms with Crippen LogP contribution in [0.25, 0.3) is 21.8 Å². The Hall–Kier alpha value is -8.11. The van der Waals surface area contributed by atoms with E-state index in [9.17, 15) is 64.1 Å². The number of benzene rings is 4. The number of carboxylic acid groups (broad SMARTS) is 2. The summed E-state index contributed by atoms with van der Waals surface area (Å²) in [6.45, 7) is 23.9. The summed E-state index contributed by atoms with van der Waals surface area (Å²) in [4.78, 5) is 92.5. The van der Waals surface area contributed by atoms with Crippen molar-refractivity contribution in [2.75, 3.05) is 163 Å². The number of carbonyl (C=O) groups excluding carboxylic acids is 3. The summed E-state index contributed by atoms with van der Waals surface area (Å²) >= 11 is 0. The van der Waals surface area contributed by atoms with Crippen LogP contribution in [0.4, 0.5) is 11.4 Å². The summed E-state index contributed by atoms with van der Waals surface area (Å²) in [6.07, 6.45) is 10.8. The second-order valence-electron chi connectivity index (χ2n) is 39.3. The molecule has 34 heteroatoms. The third kappa shape index (κ3) is 15.1. The Labute approximate surface area is 779 Å². The third-order valence-corrected chi connectivity index (χ3v) is 37.0. The smallest absolute Gasteiger partial charge is 0.344 e. The number of aliphatic hydroxyl groups is 5. The Morgan fingerprint density at radius 3 is 1.43 bits per heavy atom. The summed E-state index contributed by atoms with van der Waals surface area (Å²) in [5.74, 6) is -3.99. The van der Waals surface area contributed by atoms with Gasteiger partial charge in [0.2, 0.25) is 17.1 Å². The Morgan fingerprint density at radius 2 is 0.992 bits per heavy atom. The molecule has 4 aromatic carbocycles. The number of nitrogens with zero attached hydrogens (tertiary/aromatic N) is 6. The largest absolute Gasteiger partial charge is 0.496 e. The van der Waals surface area contributed by atoms with Crippen molar-refractivity contribution in [3.63, 3.8) is 0 Å². The molecule has 12 aliphatic rings. The maximum Gasteiger partial charge on any atom is 0.344 e. The number of aromatic amines is 2. The van der Waals surface area contributed by atoms with E-state index in [0.717, 1.165) is 44.1 Å². The summed E-state index contributed by atoms with van der Waals surface area (Å²) in [6, 6.07) is 21.1. The molecule has 20 atom stereocenters. The number of para-hydroxylation sites is 2. The van der Waals surface area contributed by atoms with Crippen LogP contribution >= 0.6 is 15.2 Å².